The molecule has 0 aliphatic rings. The van der Waals surface area contributed by atoms with Gasteiger partial charge in [-0.2, -0.15) is 5.26 Å². The van der Waals surface area contributed by atoms with Gasteiger partial charge in [-0.15, -0.1) is 0 Å². The van der Waals surface area contributed by atoms with Crippen LogP contribution in [0.4, 0.5) is 0 Å². The Morgan fingerprint density at radius 1 is 0.974 bits per heavy atom. The van der Waals surface area contributed by atoms with Crippen LogP contribution in [0.5, 0.6) is 0 Å². The first-order valence-electron chi connectivity index (χ1n) is 13.4. The van der Waals surface area contributed by atoms with Crippen LogP contribution < -0.4 is 16.0 Å². The molecule has 0 saturated carbocycles. The topological polar surface area (TPSA) is 175 Å². The summed E-state index contributed by atoms with van der Waals surface area (Å²) in [6.07, 6.45) is 3.41. The van der Waals surface area contributed by atoms with Gasteiger partial charge in [-0.1, -0.05) is 70.5 Å². The monoisotopic (exact) mass is 539 g/mol. The van der Waals surface area contributed by atoms with E-state index in [1.807, 2.05) is 26.0 Å². The Bertz CT molecular complexity index is 1040. The van der Waals surface area contributed by atoms with Gasteiger partial charge in [0, 0.05) is 11.6 Å². The standard InChI is InChI=1S/C28H42BN5O5/c1-18(2)15-22(17-30)23(31)13-9-10-14-24(33-27(36)20(5)32-26(35)19(3)4)28(37)34-25(29(38)39)16-21-11-7-6-8-12-21/h6-8,11-12,15,18-20,24-25,31,38-39H,9-10,13-14,16H2,1-5H3,(H,32,35)(H,33,36)(H,34,37)/t20?,24?,25-/m0/s1. The van der Waals surface area contributed by atoms with E-state index in [9.17, 15) is 29.7 Å². The van der Waals surface area contributed by atoms with E-state index < -0.39 is 37.0 Å². The van der Waals surface area contributed by atoms with Gasteiger partial charge in [-0.05, 0) is 44.1 Å². The van der Waals surface area contributed by atoms with Crippen molar-refractivity contribution in [3.63, 3.8) is 0 Å². The molecule has 0 saturated heterocycles. The van der Waals surface area contributed by atoms with Gasteiger partial charge in [-0.3, -0.25) is 14.4 Å². The SMILES string of the molecule is CC(C)C=C(C#N)C(=N)CCCCC(NC(=O)C(C)NC(=O)C(C)C)C(=O)N[C@@H](Cc1ccccc1)B(O)O. The minimum Gasteiger partial charge on any atom is -0.426 e. The molecule has 0 fully saturated rings. The van der Waals surface area contributed by atoms with Crippen molar-refractivity contribution >= 4 is 30.6 Å². The molecule has 11 heteroatoms. The summed E-state index contributed by atoms with van der Waals surface area (Å²) in [7, 11) is -1.83. The first-order valence-corrected chi connectivity index (χ1v) is 13.4. The summed E-state index contributed by atoms with van der Waals surface area (Å²) in [4.78, 5) is 38.0. The number of allylic oxidation sites excluding steroid dienone is 2. The molecule has 0 aliphatic carbocycles. The van der Waals surface area contributed by atoms with E-state index in [1.165, 1.54) is 6.92 Å². The second-order valence-corrected chi connectivity index (χ2v) is 10.3. The summed E-state index contributed by atoms with van der Waals surface area (Å²) < 4.78 is 0. The zero-order chi connectivity index (χ0) is 29.5. The second-order valence-electron chi connectivity index (χ2n) is 10.3. The first-order chi connectivity index (χ1) is 18.3. The third-order valence-corrected chi connectivity index (χ3v) is 6.01. The number of carbonyl (C=O) groups excluding carboxylic acids is 3. The summed E-state index contributed by atoms with van der Waals surface area (Å²) in [5.41, 5.74) is 1.33. The molecule has 0 radical (unpaired) electrons. The fourth-order valence-corrected chi connectivity index (χ4v) is 3.72. The lowest BCUT2D eigenvalue weighted by molar-refractivity contribution is -0.132. The fourth-order valence-electron chi connectivity index (χ4n) is 3.72. The highest BCUT2D eigenvalue weighted by Crippen LogP contribution is 2.12. The number of carbonyl (C=O) groups is 3. The molecule has 0 aromatic heterocycles. The third kappa shape index (κ3) is 12.7. The lowest BCUT2D eigenvalue weighted by atomic mass is 9.75. The van der Waals surface area contributed by atoms with Gasteiger partial charge in [0.25, 0.3) is 0 Å². The van der Waals surface area contributed by atoms with Crippen LogP contribution in [0.3, 0.4) is 0 Å². The molecule has 0 spiro atoms. The first kappa shape index (κ1) is 33.5. The molecule has 0 bridgehead atoms. The maximum absolute atomic E-state index is 13.2. The highest BCUT2D eigenvalue weighted by molar-refractivity contribution is 6.43. The molecule has 10 nitrogen and oxygen atoms in total. The van der Waals surface area contributed by atoms with Crippen molar-refractivity contribution in [3.05, 3.63) is 47.5 Å². The number of hydrogen-bond donors (Lipinski definition) is 6. The van der Waals surface area contributed by atoms with Crippen molar-refractivity contribution in [2.75, 3.05) is 0 Å². The number of nitrogens with zero attached hydrogens (tertiary/aromatic N) is 1. The summed E-state index contributed by atoms with van der Waals surface area (Å²) in [5, 5.41) is 45.2. The Balaban J connectivity index is 2.94. The average Bonchev–Trinajstić information content (AvgIpc) is 2.88. The Kier molecular flexibility index (Phi) is 14.8. The normalized spacial score (nSPS) is 13.7. The molecule has 3 amide bonds. The lowest BCUT2D eigenvalue weighted by Gasteiger charge is -2.25. The minimum atomic E-state index is -1.83. The second kappa shape index (κ2) is 17.2. The van der Waals surface area contributed by atoms with Crippen molar-refractivity contribution in [1.29, 1.82) is 10.7 Å². The molecule has 39 heavy (non-hydrogen) atoms. The number of hydrogen-bond acceptors (Lipinski definition) is 7. The van der Waals surface area contributed by atoms with Crippen LogP contribution in [0.1, 0.15) is 65.9 Å². The fraction of sp³-hybridized carbons (Fsp3) is 0.536. The van der Waals surface area contributed by atoms with Crippen LogP contribution in [-0.2, 0) is 20.8 Å². The lowest BCUT2D eigenvalue weighted by Crippen LogP contribution is -2.57. The minimum absolute atomic E-state index is 0.132. The molecule has 212 valence electrons. The van der Waals surface area contributed by atoms with Crippen molar-refractivity contribution < 1.29 is 24.4 Å². The zero-order valence-electron chi connectivity index (χ0n) is 23.5. The number of nitriles is 1. The Morgan fingerprint density at radius 2 is 1.62 bits per heavy atom. The predicted molar refractivity (Wildman–Crippen MR) is 151 cm³/mol. The van der Waals surface area contributed by atoms with Crippen LogP contribution in [0.15, 0.2) is 42.0 Å². The van der Waals surface area contributed by atoms with E-state index in [4.69, 9.17) is 5.41 Å². The molecule has 0 aliphatic heterocycles. The smallest absolute Gasteiger partial charge is 0.426 e. The highest BCUT2D eigenvalue weighted by atomic mass is 16.4. The Hall–Kier alpha value is -3.49. The van der Waals surface area contributed by atoms with E-state index in [0.717, 1.165) is 5.56 Å². The maximum Gasteiger partial charge on any atom is 0.475 e. The number of unbranched alkanes of at least 4 members (excludes halogenated alkanes) is 1. The third-order valence-electron chi connectivity index (χ3n) is 6.01. The Labute approximate surface area is 231 Å². The van der Waals surface area contributed by atoms with E-state index in [0.29, 0.717) is 24.8 Å². The van der Waals surface area contributed by atoms with Gasteiger partial charge in [0.05, 0.1) is 11.5 Å². The predicted octanol–water partition coefficient (Wildman–Crippen LogP) is 2.06. The van der Waals surface area contributed by atoms with Crippen molar-refractivity contribution in [1.82, 2.24) is 16.0 Å². The molecular formula is C28H42BN5O5. The molecule has 1 aromatic carbocycles. The van der Waals surface area contributed by atoms with Crippen LogP contribution >= 0.6 is 0 Å². The maximum atomic E-state index is 13.2. The van der Waals surface area contributed by atoms with E-state index >= 15 is 0 Å². The number of amides is 3. The van der Waals surface area contributed by atoms with Gasteiger partial charge in [0.2, 0.25) is 17.7 Å². The average molecular weight is 539 g/mol. The number of nitrogens with one attached hydrogen (secondary N) is 4. The molecule has 1 aromatic rings. The molecule has 1 rings (SSSR count). The highest BCUT2D eigenvalue weighted by Gasteiger charge is 2.30. The van der Waals surface area contributed by atoms with Gasteiger partial charge >= 0.3 is 7.12 Å². The molecule has 2 unspecified atom stereocenters. The molecule has 3 atom stereocenters. The van der Waals surface area contributed by atoms with Crippen LogP contribution in [0.2, 0.25) is 0 Å². The Morgan fingerprint density at radius 3 is 2.15 bits per heavy atom. The van der Waals surface area contributed by atoms with Crippen LogP contribution in [0, 0.1) is 28.6 Å². The van der Waals surface area contributed by atoms with E-state index in [-0.39, 0.29) is 36.3 Å². The zero-order valence-corrected chi connectivity index (χ0v) is 23.5. The number of benzene rings is 1. The summed E-state index contributed by atoms with van der Waals surface area (Å²) in [6.45, 7) is 8.78. The van der Waals surface area contributed by atoms with Crippen LogP contribution in [0.25, 0.3) is 0 Å². The van der Waals surface area contributed by atoms with Crippen molar-refractivity contribution in [2.45, 2.75) is 84.7 Å². The molecule has 6 N–H and O–H groups in total. The number of rotatable bonds is 16. The van der Waals surface area contributed by atoms with Gasteiger partial charge < -0.3 is 31.4 Å². The molecule has 0 heterocycles. The van der Waals surface area contributed by atoms with Crippen molar-refractivity contribution in [3.8, 4) is 6.07 Å². The van der Waals surface area contributed by atoms with E-state index in [1.54, 1.807) is 44.2 Å². The van der Waals surface area contributed by atoms with Crippen molar-refractivity contribution in [2.24, 2.45) is 11.8 Å². The molecular weight excluding hydrogens is 497 g/mol. The largest absolute Gasteiger partial charge is 0.475 e. The van der Waals surface area contributed by atoms with Gasteiger partial charge in [0.1, 0.15) is 18.2 Å². The summed E-state index contributed by atoms with van der Waals surface area (Å²) >= 11 is 0. The van der Waals surface area contributed by atoms with E-state index in [2.05, 4.69) is 16.0 Å². The van der Waals surface area contributed by atoms with Gasteiger partial charge in [-0.25, -0.2) is 0 Å². The summed E-state index contributed by atoms with van der Waals surface area (Å²) in [5.74, 6) is -2.63. The quantitative estimate of drug-likeness (QED) is 0.0811. The van der Waals surface area contributed by atoms with Gasteiger partial charge in [0.15, 0.2) is 0 Å². The summed E-state index contributed by atoms with van der Waals surface area (Å²) in [6, 6.07) is 9.20. The van der Waals surface area contributed by atoms with Crippen LogP contribution in [-0.4, -0.2) is 58.6 Å².